The molecular weight excluding hydrogens is 306 g/mol. The Hall–Kier alpha value is -2.24. The van der Waals surface area contributed by atoms with Gasteiger partial charge in [0.25, 0.3) is 0 Å². The van der Waals surface area contributed by atoms with Crippen molar-refractivity contribution in [3.05, 3.63) is 23.8 Å². The van der Waals surface area contributed by atoms with Gasteiger partial charge in [-0.15, -0.1) is 0 Å². The zero-order valence-corrected chi connectivity index (χ0v) is 14.3. The summed E-state index contributed by atoms with van der Waals surface area (Å²) in [5.41, 5.74) is 2.64. The number of hydrogen-bond acceptors (Lipinski definition) is 4. The van der Waals surface area contributed by atoms with E-state index in [-0.39, 0.29) is 24.0 Å². The topological polar surface area (TPSA) is 61.9 Å². The third-order valence-electron chi connectivity index (χ3n) is 5.55. The molecule has 2 amide bonds. The molecule has 3 aliphatic heterocycles. The maximum atomic E-state index is 12.6. The van der Waals surface area contributed by atoms with E-state index in [4.69, 9.17) is 4.74 Å². The summed E-state index contributed by atoms with van der Waals surface area (Å²) in [6.07, 6.45) is 0.601. The third kappa shape index (κ3) is 1.95. The molecule has 1 aromatic rings. The van der Waals surface area contributed by atoms with Gasteiger partial charge < -0.3 is 19.9 Å². The van der Waals surface area contributed by atoms with Crippen molar-refractivity contribution in [2.45, 2.75) is 44.7 Å². The Morgan fingerprint density at radius 1 is 1.42 bits per heavy atom. The summed E-state index contributed by atoms with van der Waals surface area (Å²) in [6, 6.07) is 6.31. The normalized spacial score (nSPS) is 26.5. The molecule has 0 aromatic heterocycles. The Balaban J connectivity index is 1.74. The molecule has 0 radical (unpaired) electrons. The molecule has 3 aliphatic rings. The molecular formula is C18H23N3O3. The van der Waals surface area contributed by atoms with Crippen molar-refractivity contribution in [1.29, 1.82) is 0 Å². The number of hydrogen-bond donors (Lipinski definition) is 1. The summed E-state index contributed by atoms with van der Waals surface area (Å²) in [4.78, 5) is 28.8. The van der Waals surface area contributed by atoms with Crippen LogP contribution < -0.4 is 10.2 Å². The quantitative estimate of drug-likeness (QED) is 0.860. The molecule has 1 aromatic carbocycles. The summed E-state index contributed by atoms with van der Waals surface area (Å²) in [7, 11) is 0. The van der Waals surface area contributed by atoms with Gasteiger partial charge in [-0.25, -0.2) is 4.79 Å². The van der Waals surface area contributed by atoms with E-state index in [9.17, 15) is 9.59 Å². The van der Waals surface area contributed by atoms with Crippen LogP contribution in [0.2, 0.25) is 0 Å². The minimum absolute atomic E-state index is 0.0284. The fourth-order valence-electron chi connectivity index (χ4n) is 4.41. The van der Waals surface area contributed by atoms with Crippen LogP contribution in [0.3, 0.4) is 0 Å². The highest BCUT2D eigenvalue weighted by atomic mass is 16.6. The lowest BCUT2D eigenvalue weighted by Gasteiger charge is -2.47. The van der Waals surface area contributed by atoms with Gasteiger partial charge in [-0.3, -0.25) is 4.79 Å². The fourth-order valence-corrected chi connectivity index (χ4v) is 4.41. The molecule has 0 unspecified atom stereocenters. The second-order valence-corrected chi connectivity index (χ2v) is 7.23. The molecule has 6 heteroatoms. The number of benzene rings is 1. The Kier molecular flexibility index (Phi) is 3.27. The van der Waals surface area contributed by atoms with E-state index in [0.29, 0.717) is 19.7 Å². The fraction of sp³-hybridized carbons (Fsp3) is 0.556. The van der Waals surface area contributed by atoms with Crippen LogP contribution in [-0.4, -0.2) is 48.2 Å². The van der Waals surface area contributed by atoms with Crippen LogP contribution in [0.1, 0.15) is 38.7 Å². The SMILES string of the molecule is CCOC(=O)N1CC[C@H]2[C@@H](C1)c1cccc3c1N2C(C)(C)C(=O)N3. The van der Waals surface area contributed by atoms with Crippen LogP contribution in [0.4, 0.5) is 16.2 Å². The zero-order chi connectivity index (χ0) is 17.1. The molecule has 4 rings (SSSR count). The van der Waals surface area contributed by atoms with Crippen molar-refractivity contribution in [2.24, 2.45) is 0 Å². The molecule has 2 atom stereocenters. The van der Waals surface area contributed by atoms with E-state index >= 15 is 0 Å². The van der Waals surface area contributed by atoms with Gasteiger partial charge in [0.1, 0.15) is 5.54 Å². The van der Waals surface area contributed by atoms with Gasteiger partial charge in [0.2, 0.25) is 5.91 Å². The van der Waals surface area contributed by atoms with Gasteiger partial charge in [0.05, 0.1) is 18.0 Å². The molecule has 1 fully saturated rings. The number of ether oxygens (including phenoxy) is 1. The molecule has 1 saturated heterocycles. The second-order valence-electron chi connectivity index (χ2n) is 7.23. The standard InChI is InChI=1S/C18H23N3O3/c1-4-24-17(23)20-9-8-14-12(10-20)11-6-5-7-13-15(11)21(14)18(2,3)16(22)19-13/h5-7,12,14H,4,8-10H2,1-3H3,(H,19,22)/t12-,14-/m0/s1. The van der Waals surface area contributed by atoms with Crippen molar-refractivity contribution < 1.29 is 14.3 Å². The van der Waals surface area contributed by atoms with E-state index in [1.54, 1.807) is 4.90 Å². The van der Waals surface area contributed by atoms with Gasteiger partial charge in [0, 0.05) is 25.0 Å². The number of carbonyl (C=O) groups is 2. The van der Waals surface area contributed by atoms with Crippen LogP contribution in [-0.2, 0) is 9.53 Å². The number of carbonyl (C=O) groups excluding carboxylic acids is 2. The molecule has 0 aliphatic carbocycles. The van der Waals surface area contributed by atoms with Crippen molar-refractivity contribution >= 4 is 23.4 Å². The van der Waals surface area contributed by atoms with Gasteiger partial charge >= 0.3 is 6.09 Å². The van der Waals surface area contributed by atoms with Crippen LogP contribution in [0, 0.1) is 0 Å². The molecule has 1 N–H and O–H groups in total. The minimum Gasteiger partial charge on any atom is -0.450 e. The summed E-state index contributed by atoms with van der Waals surface area (Å²) >= 11 is 0. The Labute approximate surface area is 141 Å². The maximum absolute atomic E-state index is 12.6. The van der Waals surface area contributed by atoms with Gasteiger partial charge in [0.15, 0.2) is 0 Å². The largest absolute Gasteiger partial charge is 0.450 e. The third-order valence-corrected chi connectivity index (χ3v) is 5.55. The molecule has 0 saturated carbocycles. The van der Waals surface area contributed by atoms with Crippen molar-refractivity contribution in [3.8, 4) is 0 Å². The van der Waals surface area contributed by atoms with Gasteiger partial charge in [-0.1, -0.05) is 12.1 Å². The van der Waals surface area contributed by atoms with Crippen molar-refractivity contribution in [3.63, 3.8) is 0 Å². The summed E-state index contributed by atoms with van der Waals surface area (Å²) < 4.78 is 5.17. The van der Waals surface area contributed by atoms with E-state index in [1.807, 2.05) is 32.9 Å². The van der Waals surface area contributed by atoms with Crippen molar-refractivity contribution in [1.82, 2.24) is 4.90 Å². The predicted molar refractivity (Wildman–Crippen MR) is 91.4 cm³/mol. The second kappa shape index (κ2) is 5.13. The average Bonchev–Trinajstić information content (AvgIpc) is 2.89. The first-order valence-corrected chi connectivity index (χ1v) is 8.60. The number of para-hydroxylation sites is 1. The number of nitrogens with zero attached hydrogens (tertiary/aromatic N) is 2. The first kappa shape index (κ1) is 15.3. The van der Waals surface area contributed by atoms with Crippen LogP contribution in [0.25, 0.3) is 0 Å². The first-order chi connectivity index (χ1) is 11.4. The lowest BCUT2D eigenvalue weighted by Crippen LogP contribution is -2.60. The number of likely N-dealkylation sites (tertiary alicyclic amines) is 1. The predicted octanol–water partition coefficient (Wildman–Crippen LogP) is 2.55. The molecule has 3 heterocycles. The van der Waals surface area contributed by atoms with Gasteiger partial charge in [-0.05, 0) is 38.8 Å². The van der Waals surface area contributed by atoms with Crippen molar-refractivity contribution in [2.75, 3.05) is 29.9 Å². The Bertz CT molecular complexity index is 715. The zero-order valence-electron chi connectivity index (χ0n) is 14.3. The summed E-state index contributed by atoms with van der Waals surface area (Å²) in [6.45, 7) is 7.47. The van der Waals surface area contributed by atoms with Crippen LogP contribution in [0.15, 0.2) is 18.2 Å². The smallest absolute Gasteiger partial charge is 0.409 e. The van der Waals surface area contributed by atoms with E-state index in [2.05, 4.69) is 16.3 Å². The first-order valence-electron chi connectivity index (χ1n) is 8.60. The molecule has 0 spiro atoms. The lowest BCUT2D eigenvalue weighted by atomic mass is 9.88. The van der Waals surface area contributed by atoms with E-state index in [0.717, 1.165) is 17.8 Å². The highest BCUT2D eigenvalue weighted by Crippen LogP contribution is 2.53. The number of rotatable bonds is 1. The highest BCUT2D eigenvalue weighted by Gasteiger charge is 2.53. The number of amides is 2. The van der Waals surface area contributed by atoms with Gasteiger partial charge in [-0.2, -0.15) is 0 Å². The summed E-state index contributed by atoms with van der Waals surface area (Å²) in [5, 5.41) is 3.04. The monoisotopic (exact) mass is 329 g/mol. The minimum atomic E-state index is -0.589. The molecule has 128 valence electrons. The van der Waals surface area contributed by atoms with Crippen LogP contribution in [0.5, 0.6) is 0 Å². The summed E-state index contributed by atoms with van der Waals surface area (Å²) in [5.74, 6) is 0.241. The molecule has 6 nitrogen and oxygen atoms in total. The maximum Gasteiger partial charge on any atom is 0.409 e. The molecule has 24 heavy (non-hydrogen) atoms. The van der Waals surface area contributed by atoms with Crippen LogP contribution >= 0.6 is 0 Å². The van der Waals surface area contributed by atoms with E-state index < -0.39 is 5.54 Å². The number of fused-ring (bicyclic) bond motifs is 3. The number of anilines is 2. The lowest BCUT2D eigenvalue weighted by molar-refractivity contribution is -0.120. The Morgan fingerprint density at radius 3 is 2.96 bits per heavy atom. The van der Waals surface area contributed by atoms with E-state index in [1.165, 1.54) is 5.56 Å². The highest BCUT2D eigenvalue weighted by molar-refractivity contribution is 6.07. The average molecular weight is 329 g/mol. The number of nitrogens with one attached hydrogen (secondary N) is 1. The Morgan fingerprint density at radius 2 is 2.21 bits per heavy atom. The number of piperidine rings is 1. The molecule has 0 bridgehead atoms.